The summed E-state index contributed by atoms with van der Waals surface area (Å²) in [6.07, 6.45) is 1.99. The molecule has 3 aromatic rings. The molecule has 0 saturated carbocycles. The highest BCUT2D eigenvalue weighted by Crippen LogP contribution is 2.23. The summed E-state index contributed by atoms with van der Waals surface area (Å²) in [5, 5.41) is 0. The van der Waals surface area contributed by atoms with E-state index in [4.69, 9.17) is 0 Å². The molecule has 0 unspecified atom stereocenters. The third-order valence-electron chi connectivity index (χ3n) is 5.10. The Morgan fingerprint density at radius 2 is 1.81 bits per heavy atom. The van der Waals surface area contributed by atoms with Crippen molar-refractivity contribution >= 4 is 27.5 Å². The van der Waals surface area contributed by atoms with E-state index in [1.807, 2.05) is 41.5 Å². The number of carbonyl (C=O) groups is 1. The lowest BCUT2D eigenvalue weighted by Crippen LogP contribution is -2.48. The van der Waals surface area contributed by atoms with Gasteiger partial charge in [0.15, 0.2) is 5.65 Å². The topological polar surface area (TPSA) is 40.9 Å². The Balaban J connectivity index is 1.50. The van der Waals surface area contributed by atoms with Crippen molar-refractivity contribution < 1.29 is 4.79 Å². The van der Waals surface area contributed by atoms with Crippen LogP contribution in [0.15, 0.2) is 47.1 Å². The van der Waals surface area contributed by atoms with Gasteiger partial charge in [-0.25, -0.2) is 4.98 Å². The molecule has 1 aliphatic heterocycles. The van der Waals surface area contributed by atoms with Crippen LogP contribution in [0.2, 0.25) is 0 Å². The maximum absolute atomic E-state index is 13.2. The highest BCUT2D eigenvalue weighted by molar-refractivity contribution is 9.10. The van der Waals surface area contributed by atoms with Crippen molar-refractivity contribution in [2.45, 2.75) is 20.4 Å². The minimum Gasteiger partial charge on any atom is -0.335 e. The number of carbonyl (C=O) groups excluding carboxylic acids is 1. The van der Waals surface area contributed by atoms with Gasteiger partial charge in [-0.05, 0) is 47.0 Å². The fourth-order valence-corrected chi connectivity index (χ4v) is 4.34. The van der Waals surface area contributed by atoms with Gasteiger partial charge in [-0.15, -0.1) is 0 Å². The molecule has 0 spiro atoms. The van der Waals surface area contributed by atoms with E-state index in [9.17, 15) is 4.79 Å². The van der Waals surface area contributed by atoms with E-state index >= 15 is 0 Å². The number of imidazole rings is 1. The van der Waals surface area contributed by atoms with Crippen molar-refractivity contribution in [1.82, 2.24) is 19.2 Å². The molecule has 2 aromatic heterocycles. The Labute approximate surface area is 167 Å². The summed E-state index contributed by atoms with van der Waals surface area (Å²) in [6.45, 7) is 8.13. The predicted molar refractivity (Wildman–Crippen MR) is 110 cm³/mol. The normalized spacial score (nSPS) is 15.4. The van der Waals surface area contributed by atoms with E-state index in [1.165, 1.54) is 5.56 Å². The van der Waals surface area contributed by atoms with E-state index < -0.39 is 0 Å². The van der Waals surface area contributed by atoms with Crippen molar-refractivity contribution in [2.24, 2.45) is 0 Å². The third kappa shape index (κ3) is 3.64. The van der Waals surface area contributed by atoms with Crippen molar-refractivity contribution in [3.05, 3.63) is 69.6 Å². The van der Waals surface area contributed by atoms with E-state index in [0.29, 0.717) is 5.69 Å². The molecule has 0 atom stereocenters. The van der Waals surface area contributed by atoms with Crippen molar-refractivity contribution in [1.29, 1.82) is 0 Å². The van der Waals surface area contributed by atoms with Crippen LogP contribution in [0.1, 0.15) is 27.3 Å². The number of aromatic nitrogens is 2. The van der Waals surface area contributed by atoms with E-state index in [1.54, 1.807) is 0 Å². The first-order chi connectivity index (χ1) is 13.0. The number of hydrogen-bond donors (Lipinski definition) is 0. The minimum absolute atomic E-state index is 0.0665. The molecule has 3 heterocycles. The maximum Gasteiger partial charge on any atom is 0.272 e. The molecule has 4 rings (SSSR count). The van der Waals surface area contributed by atoms with Gasteiger partial charge in [0.05, 0.1) is 10.2 Å². The van der Waals surface area contributed by atoms with Crippen molar-refractivity contribution in [3.63, 3.8) is 0 Å². The first-order valence-electron chi connectivity index (χ1n) is 9.23. The molecule has 6 heteroatoms. The molecule has 5 nitrogen and oxygen atoms in total. The lowest BCUT2D eigenvalue weighted by Gasteiger charge is -2.34. The first-order valence-corrected chi connectivity index (χ1v) is 10.0. The molecule has 1 amide bonds. The van der Waals surface area contributed by atoms with E-state index in [0.717, 1.165) is 54.1 Å². The molecule has 1 fully saturated rings. The van der Waals surface area contributed by atoms with Crippen LogP contribution < -0.4 is 0 Å². The molecular formula is C21H23BrN4O. The molecule has 1 aliphatic rings. The molecular weight excluding hydrogens is 404 g/mol. The zero-order valence-electron chi connectivity index (χ0n) is 15.7. The van der Waals surface area contributed by atoms with Crippen LogP contribution >= 0.6 is 15.9 Å². The zero-order valence-corrected chi connectivity index (χ0v) is 17.2. The fourth-order valence-electron chi connectivity index (χ4n) is 3.70. The smallest absolute Gasteiger partial charge is 0.272 e. The summed E-state index contributed by atoms with van der Waals surface area (Å²) in [5.74, 6) is 0.0665. The molecule has 0 radical (unpaired) electrons. The van der Waals surface area contributed by atoms with Crippen LogP contribution in [0.3, 0.4) is 0 Å². The van der Waals surface area contributed by atoms with Crippen molar-refractivity contribution in [3.8, 4) is 0 Å². The first kappa shape index (κ1) is 18.2. The number of piperazine rings is 1. The Morgan fingerprint density at radius 1 is 1.11 bits per heavy atom. The van der Waals surface area contributed by atoms with Gasteiger partial charge in [-0.1, -0.05) is 30.3 Å². The van der Waals surface area contributed by atoms with E-state index in [-0.39, 0.29) is 5.91 Å². The van der Waals surface area contributed by atoms with Gasteiger partial charge in [-0.2, -0.15) is 0 Å². The molecule has 140 valence electrons. The summed E-state index contributed by atoms with van der Waals surface area (Å²) in [4.78, 5) is 22.2. The van der Waals surface area contributed by atoms with Crippen LogP contribution in [0.4, 0.5) is 0 Å². The fraction of sp³-hybridized carbons (Fsp3) is 0.333. The van der Waals surface area contributed by atoms with Gasteiger partial charge in [0.1, 0.15) is 5.69 Å². The van der Waals surface area contributed by atoms with Crippen LogP contribution in [0, 0.1) is 13.8 Å². The number of nitrogens with zero attached hydrogens (tertiary/aromatic N) is 4. The zero-order chi connectivity index (χ0) is 19.0. The van der Waals surface area contributed by atoms with Gasteiger partial charge < -0.3 is 4.90 Å². The molecule has 1 aromatic carbocycles. The summed E-state index contributed by atoms with van der Waals surface area (Å²) >= 11 is 3.56. The number of amides is 1. The summed E-state index contributed by atoms with van der Waals surface area (Å²) < 4.78 is 2.84. The monoisotopic (exact) mass is 426 g/mol. The van der Waals surface area contributed by atoms with Gasteiger partial charge in [0, 0.05) is 38.9 Å². The van der Waals surface area contributed by atoms with Gasteiger partial charge in [0.2, 0.25) is 0 Å². The van der Waals surface area contributed by atoms with Crippen molar-refractivity contribution in [2.75, 3.05) is 26.2 Å². The quantitative estimate of drug-likeness (QED) is 0.641. The minimum atomic E-state index is 0.0665. The molecule has 0 aliphatic carbocycles. The average molecular weight is 427 g/mol. The second-order valence-corrected chi connectivity index (χ2v) is 8.01. The SMILES string of the molecule is Cc1cc(Br)c2nc(C)c(C(=O)N3CCN(Cc4ccccc4)CC3)n2c1. The third-order valence-corrected chi connectivity index (χ3v) is 5.68. The van der Waals surface area contributed by atoms with Gasteiger partial charge in [0.25, 0.3) is 5.91 Å². The second-order valence-electron chi connectivity index (χ2n) is 7.16. The Kier molecular flexibility index (Phi) is 5.02. The molecule has 27 heavy (non-hydrogen) atoms. The summed E-state index contributed by atoms with van der Waals surface area (Å²) in [5.41, 5.74) is 4.65. The molecule has 0 bridgehead atoms. The lowest BCUT2D eigenvalue weighted by molar-refractivity contribution is 0.0621. The molecule has 1 saturated heterocycles. The number of fused-ring (bicyclic) bond motifs is 1. The summed E-state index contributed by atoms with van der Waals surface area (Å²) in [6, 6.07) is 12.5. The Hall–Kier alpha value is -2.18. The standard InChI is InChI=1S/C21H23BrN4O/c1-15-12-18(22)20-23-16(2)19(26(20)13-15)21(27)25-10-8-24(9-11-25)14-17-6-4-3-5-7-17/h3-7,12-13H,8-11,14H2,1-2H3. The number of rotatable bonds is 3. The Bertz CT molecular complexity index is 975. The highest BCUT2D eigenvalue weighted by Gasteiger charge is 2.26. The largest absolute Gasteiger partial charge is 0.335 e. The van der Waals surface area contributed by atoms with Gasteiger partial charge in [-0.3, -0.25) is 14.1 Å². The van der Waals surface area contributed by atoms with Crippen LogP contribution in [0.5, 0.6) is 0 Å². The predicted octanol–water partition coefficient (Wildman–Crippen LogP) is 3.67. The summed E-state index contributed by atoms with van der Waals surface area (Å²) in [7, 11) is 0. The highest BCUT2D eigenvalue weighted by atomic mass is 79.9. The van der Waals surface area contributed by atoms with E-state index in [2.05, 4.69) is 50.1 Å². The number of hydrogen-bond acceptors (Lipinski definition) is 3. The number of aryl methyl sites for hydroxylation is 2. The van der Waals surface area contributed by atoms with Crippen LogP contribution in [-0.4, -0.2) is 51.3 Å². The average Bonchev–Trinajstić information content (AvgIpc) is 2.99. The van der Waals surface area contributed by atoms with Crippen LogP contribution in [-0.2, 0) is 6.54 Å². The van der Waals surface area contributed by atoms with Gasteiger partial charge >= 0.3 is 0 Å². The molecule has 0 N–H and O–H groups in total. The maximum atomic E-state index is 13.2. The lowest BCUT2D eigenvalue weighted by atomic mass is 10.2. The Morgan fingerprint density at radius 3 is 2.52 bits per heavy atom. The number of halogens is 1. The number of pyridine rings is 1. The second kappa shape index (κ2) is 7.44. The number of benzene rings is 1. The van der Waals surface area contributed by atoms with Crippen LogP contribution in [0.25, 0.3) is 5.65 Å².